The van der Waals surface area contributed by atoms with Crippen LogP contribution < -0.4 is 0 Å². The second-order valence-electron chi connectivity index (χ2n) is 4.27. The highest BCUT2D eigenvalue weighted by Crippen LogP contribution is 2.41. The molecule has 2 nitrogen and oxygen atoms in total. The minimum Gasteiger partial charge on any atom is -0.370 e. The molecule has 0 spiro atoms. The number of aliphatic hydroxyl groups is 1. The molecule has 0 fully saturated rings. The highest BCUT2D eigenvalue weighted by Gasteiger charge is 2.60. The highest BCUT2D eigenvalue weighted by atomic mass is 19.4. The Kier molecular flexibility index (Phi) is 3.63. The molecule has 20 heavy (non-hydrogen) atoms. The Hall–Kier alpha value is -2.14. The topological polar surface area (TPSA) is 37.3 Å². The summed E-state index contributed by atoms with van der Waals surface area (Å²) in [7, 11) is 0. The number of rotatable bonds is 3. The lowest BCUT2D eigenvalue weighted by Gasteiger charge is -2.29. The third kappa shape index (κ3) is 2.32. The first kappa shape index (κ1) is 14.3. The fraction of sp³-hybridized carbons (Fsp3) is 0.133. The smallest absolute Gasteiger partial charge is 0.370 e. The van der Waals surface area contributed by atoms with E-state index in [-0.39, 0.29) is 5.56 Å². The average molecular weight is 280 g/mol. The van der Waals surface area contributed by atoms with Crippen LogP contribution in [-0.2, 0) is 5.60 Å². The van der Waals surface area contributed by atoms with Crippen molar-refractivity contribution in [3.63, 3.8) is 0 Å². The third-order valence-corrected chi connectivity index (χ3v) is 2.97. The monoisotopic (exact) mass is 280 g/mol. The molecule has 2 rings (SSSR count). The Morgan fingerprint density at radius 2 is 1.30 bits per heavy atom. The summed E-state index contributed by atoms with van der Waals surface area (Å²) < 4.78 is 39.8. The summed E-state index contributed by atoms with van der Waals surface area (Å²) in [6.07, 6.45) is -5.11. The molecule has 2 aromatic carbocycles. The number of hydrogen-bond acceptors (Lipinski definition) is 2. The molecule has 0 aliphatic heterocycles. The van der Waals surface area contributed by atoms with Crippen molar-refractivity contribution in [1.29, 1.82) is 0 Å². The van der Waals surface area contributed by atoms with E-state index in [0.717, 1.165) is 12.1 Å². The summed E-state index contributed by atoms with van der Waals surface area (Å²) in [6.45, 7) is 0. The average Bonchev–Trinajstić information content (AvgIpc) is 2.46. The van der Waals surface area contributed by atoms with E-state index in [9.17, 15) is 23.1 Å². The highest BCUT2D eigenvalue weighted by molar-refractivity contribution is 6.03. The van der Waals surface area contributed by atoms with Crippen LogP contribution in [0.4, 0.5) is 13.2 Å². The summed E-state index contributed by atoms with van der Waals surface area (Å²) in [5.41, 5.74) is -4.24. The summed E-state index contributed by atoms with van der Waals surface area (Å²) in [6, 6.07) is 13.3. The summed E-state index contributed by atoms with van der Waals surface area (Å²) in [4.78, 5) is 12.1. The van der Waals surface area contributed by atoms with Crippen molar-refractivity contribution in [3.8, 4) is 0 Å². The second kappa shape index (κ2) is 5.09. The predicted octanol–water partition coefficient (Wildman–Crippen LogP) is 3.32. The van der Waals surface area contributed by atoms with E-state index in [2.05, 4.69) is 0 Å². The number of halogens is 3. The maximum atomic E-state index is 13.3. The molecule has 0 radical (unpaired) electrons. The maximum Gasteiger partial charge on any atom is 0.429 e. The molecule has 0 aliphatic rings. The molecular formula is C15H11F3O2. The fourth-order valence-electron chi connectivity index (χ4n) is 1.90. The first-order chi connectivity index (χ1) is 9.37. The quantitative estimate of drug-likeness (QED) is 0.876. The van der Waals surface area contributed by atoms with Crippen molar-refractivity contribution >= 4 is 5.78 Å². The van der Waals surface area contributed by atoms with Gasteiger partial charge in [0, 0.05) is 11.1 Å². The van der Waals surface area contributed by atoms with Crippen molar-refractivity contribution in [3.05, 3.63) is 71.8 Å². The van der Waals surface area contributed by atoms with Crippen molar-refractivity contribution in [2.24, 2.45) is 0 Å². The van der Waals surface area contributed by atoms with E-state index in [1.165, 1.54) is 42.5 Å². The van der Waals surface area contributed by atoms with Crippen LogP contribution in [0.3, 0.4) is 0 Å². The van der Waals surface area contributed by atoms with Crippen LogP contribution in [-0.4, -0.2) is 17.1 Å². The molecule has 0 heterocycles. The first-order valence-electron chi connectivity index (χ1n) is 5.82. The standard InChI is InChI=1S/C15H11F3O2/c16-15(17,18)14(20,12-9-5-2-6-10-12)13(19)11-7-3-1-4-8-11/h1-10,20H/t14-/m0/s1. The molecular weight excluding hydrogens is 269 g/mol. The van der Waals surface area contributed by atoms with Crippen LogP contribution in [0.15, 0.2) is 60.7 Å². The van der Waals surface area contributed by atoms with Crippen LogP contribution in [0, 0.1) is 0 Å². The normalized spacial score (nSPS) is 14.6. The van der Waals surface area contributed by atoms with Gasteiger partial charge in [-0.1, -0.05) is 60.7 Å². The number of hydrogen-bond donors (Lipinski definition) is 1. The van der Waals surface area contributed by atoms with Gasteiger partial charge in [-0.3, -0.25) is 4.79 Å². The van der Waals surface area contributed by atoms with E-state index < -0.39 is 23.1 Å². The van der Waals surface area contributed by atoms with Gasteiger partial charge in [0.1, 0.15) is 0 Å². The van der Waals surface area contributed by atoms with E-state index >= 15 is 0 Å². The van der Waals surface area contributed by atoms with E-state index in [0.29, 0.717) is 0 Å². The van der Waals surface area contributed by atoms with Gasteiger partial charge < -0.3 is 5.11 Å². The fourth-order valence-corrected chi connectivity index (χ4v) is 1.90. The van der Waals surface area contributed by atoms with Gasteiger partial charge in [-0.15, -0.1) is 0 Å². The van der Waals surface area contributed by atoms with E-state index in [1.54, 1.807) is 6.07 Å². The number of ketones is 1. The van der Waals surface area contributed by atoms with Crippen molar-refractivity contribution in [2.75, 3.05) is 0 Å². The summed E-state index contributed by atoms with van der Waals surface area (Å²) in [5.74, 6) is -1.39. The Bertz CT molecular complexity index is 594. The number of alkyl halides is 3. The van der Waals surface area contributed by atoms with Crippen LogP contribution in [0.1, 0.15) is 15.9 Å². The Labute approximate surface area is 113 Å². The molecule has 0 aromatic heterocycles. The Morgan fingerprint density at radius 3 is 1.75 bits per heavy atom. The number of Topliss-reactive ketones (excluding diaryl/α,β-unsaturated/α-hetero) is 1. The van der Waals surface area contributed by atoms with E-state index in [4.69, 9.17) is 0 Å². The van der Waals surface area contributed by atoms with Gasteiger partial charge in [0.15, 0.2) is 0 Å². The summed E-state index contributed by atoms with van der Waals surface area (Å²) >= 11 is 0. The number of carbonyl (C=O) groups excluding carboxylic acids is 1. The first-order valence-corrected chi connectivity index (χ1v) is 5.82. The predicted molar refractivity (Wildman–Crippen MR) is 67.2 cm³/mol. The minimum atomic E-state index is -5.11. The lowest BCUT2D eigenvalue weighted by atomic mass is 9.85. The van der Waals surface area contributed by atoms with E-state index in [1.807, 2.05) is 0 Å². The molecule has 0 aliphatic carbocycles. The zero-order valence-corrected chi connectivity index (χ0v) is 10.3. The van der Waals surface area contributed by atoms with Gasteiger partial charge >= 0.3 is 6.18 Å². The van der Waals surface area contributed by atoms with Gasteiger partial charge in [0.05, 0.1) is 0 Å². The zero-order valence-electron chi connectivity index (χ0n) is 10.3. The van der Waals surface area contributed by atoms with Crippen molar-refractivity contribution in [1.82, 2.24) is 0 Å². The van der Waals surface area contributed by atoms with Gasteiger partial charge in [-0.2, -0.15) is 13.2 Å². The molecule has 0 unspecified atom stereocenters. The van der Waals surface area contributed by atoms with Gasteiger partial charge in [-0.25, -0.2) is 0 Å². The molecule has 5 heteroatoms. The lowest BCUT2D eigenvalue weighted by Crippen LogP contribution is -2.49. The second-order valence-corrected chi connectivity index (χ2v) is 4.27. The Balaban J connectivity index is 2.58. The van der Waals surface area contributed by atoms with Gasteiger partial charge in [0.25, 0.3) is 0 Å². The van der Waals surface area contributed by atoms with Crippen LogP contribution in [0.25, 0.3) is 0 Å². The largest absolute Gasteiger partial charge is 0.429 e. The van der Waals surface area contributed by atoms with Crippen molar-refractivity contribution < 1.29 is 23.1 Å². The van der Waals surface area contributed by atoms with Crippen LogP contribution >= 0.6 is 0 Å². The Morgan fingerprint density at radius 1 is 0.850 bits per heavy atom. The van der Waals surface area contributed by atoms with Gasteiger partial charge in [0.2, 0.25) is 11.4 Å². The molecule has 0 bridgehead atoms. The third-order valence-electron chi connectivity index (χ3n) is 2.97. The minimum absolute atomic E-state index is 0.198. The molecule has 1 N–H and O–H groups in total. The molecule has 0 saturated carbocycles. The number of benzene rings is 2. The number of carbonyl (C=O) groups is 1. The SMILES string of the molecule is O=C(c1ccccc1)[C@@](O)(c1ccccc1)C(F)(F)F. The molecule has 2 aromatic rings. The van der Waals surface area contributed by atoms with Crippen molar-refractivity contribution in [2.45, 2.75) is 11.8 Å². The lowest BCUT2D eigenvalue weighted by molar-refractivity contribution is -0.242. The summed E-state index contributed by atoms with van der Waals surface area (Å²) in [5, 5.41) is 10.1. The molecule has 0 amide bonds. The molecule has 0 saturated heterocycles. The van der Waals surface area contributed by atoms with Gasteiger partial charge in [-0.05, 0) is 0 Å². The van der Waals surface area contributed by atoms with Crippen LogP contribution in [0.5, 0.6) is 0 Å². The zero-order chi connectivity index (χ0) is 14.8. The maximum absolute atomic E-state index is 13.3. The molecule has 1 atom stereocenters. The molecule has 104 valence electrons. The van der Waals surface area contributed by atoms with Crippen LogP contribution in [0.2, 0.25) is 0 Å².